The normalized spacial score (nSPS) is 10.8. The monoisotopic (exact) mass is 352 g/mol. The summed E-state index contributed by atoms with van der Waals surface area (Å²) in [4.78, 5) is 0. The molecular weight excluding hydrogens is 340 g/mol. The number of hydrogen-bond acceptors (Lipinski definition) is 5. The molecule has 7 heteroatoms. The van der Waals surface area contributed by atoms with E-state index in [1.807, 2.05) is 36.4 Å². The number of halogens is 1. The van der Waals surface area contributed by atoms with Gasteiger partial charge in [0.2, 0.25) is 5.88 Å². The lowest BCUT2D eigenvalue weighted by atomic mass is 10.2. The molecule has 0 unspecified atom stereocenters. The second kappa shape index (κ2) is 6.41. The van der Waals surface area contributed by atoms with Crippen LogP contribution in [0.4, 0.5) is 0 Å². The van der Waals surface area contributed by atoms with E-state index in [0.29, 0.717) is 33.9 Å². The minimum absolute atomic E-state index is 0.411. The second-order valence-electron chi connectivity index (χ2n) is 5.23. The Bertz CT molecular complexity index is 1050. The van der Waals surface area contributed by atoms with Crippen LogP contribution >= 0.6 is 11.6 Å². The van der Waals surface area contributed by atoms with Crippen LogP contribution in [0.3, 0.4) is 0 Å². The highest BCUT2D eigenvalue weighted by atomic mass is 35.5. The lowest BCUT2D eigenvalue weighted by Gasteiger charge is -2.07. The van der Waals surface area contributed by atoms with Crippen LogP contribution in [0, 0.1) is 0 Å². The van der Waals surface area contributed by atoms with Gasteiger partial charge in [-0.1, -0.05) is 29.8 Å². The maximum atomic E-state index is 6.26. The van der Waals surface area contributed by atoms with Crippen LogP contribution in [0.15, 0.2) is 60.7 Å². The Morgan fingerprint density at radius 3 is 2.60 bits per heavy atom. The van der Waals surface area contributed by atoms with Crippen LogP contribution in [0.5, 0.6) is 17.4 Å². The number of nitrogens with zero attached hydrogens (tertiary/aromatic N) is 4. The van der Waals surface area contributed by atoms with E-state index in [1.54, 1.807) is 35.9 Å². The highest BCUT2D eigenvalue weighted by Gasteiger charge is 2.13. The van der Waals surface area contributed by atoms with Crippen molar-refractivity contribution in [3.8, 4) is 28.8 Å². The first kappa shape index (κ1) is 15.4. The van der Waals surface area contributed by atoms with Crippen molar-refractivity contribution >= 4 is 17.2 Å². The van der Waals surface area contributed by atoms with Crippen LogP contribution in [0.25, 0.3) is 17.0 Å². The van der Waals surface area contributed by atoms with Crippen molar-refractivity contribution < 1.29 is 9.47 Å². The smallest absolute Gasteiger partial charge is 0.237 e. The molecule has 4 rings (SSSR count). The third kappa shape index (κ3) is 2.99. The lowest BCUT2D eigenvalue weighted by molar-refractivity contribution is 0.406. The van der Waals surface area contributed by atoms with E-state index in [0.717, 1.165) is 5.56 Å². The Kier molecular flexibility index (Phi) is 3.95. The van der Waals surface area contributed by atoms with E-state index in [4.69, 9.17) is 21.1 Å². The number of methoxy groups -OCH3 is 1. The molecule has 0 aliphatic heterocycles. The number of fused-ring (bicyclic) bond motifs is 1. The fourth-order valence-electron chi connectivity index (χ4n) is 2.42. The SMILES string of the molecule is COc1cccc(Oc2ccc3nnc(-c4ccccc4Cl)n3n2)c1. The highest BCUT2D eigenvalue weighted by molar-refractivity contribution is 6.33. The maximum absolute atomic E-state index is 6.26. The van der Waals surface area contributed by atoms with Crippen molar-refractivity contribution in [2.75, 3.05) is 7.11 Å². The number of hydrogen-bond donors (Lipinski definition) is 0. The Morgan fingerprint density at radius 1 is 0.920 bits per heavy atom. The van der Waals surface area contributed by atoms with Crippen LogP contribution in [-0.4, -0.2) is 26.9 Å². The molecule has 2 aromatic heterocycles. The van der Waals surface area contributed by atoms with Crippen LogP contribution < -0.4 is 9.47 Å². The molecule has 2 heterocycles. The molecule has 0 fully saturated rings. The molecular formula is C18H13ClN4O2. The largest absolute Gasteiger partial charge is 0.497 e. The van der Waals surface area contributed by atoms with Gasteiger partial charge in [0.25, 0.3) is 0 Å². The Balaban J connectivity index is 1.74. The topological polar surface area (TPSA) is 61.5 Å². The molecule has 0 radical (unpaired) electrons. The average molecular weight is 353 g/mol. The van der Waals surface area contributed by atoms with E-state index in [2.05, 4.69) is 15.3 Å². The summed E-state index contributed by atoms with van der Waals surface area (Å²) in [7, 11) is 1.61. The van der Waals surface area contributed by atoms with Crippen LogP contribution in [0.1, 0.15) is 0 Å². The molecule has 0 N–H and O–H groups in total. The maximum Gasteiger partial charge on any atom is 0.237 e. The van der Waals surface area contributed by atoms with Crippen molar-refractivity contribution in [2.24, 2.45) is 0 Å². The predicted molar refractivity (Wildman–Crippen MR) is 94.3 cm³/mol. The minimum Gasteiger partial charge on any atom is -0.497 e. The zero-order valence-electron chi connectivity index (χ0n) is 13.3. The predicted octanol–water partition coefficient (Wildman–Crippen LogP) is 4.25. The summed E-state index contributed by atoms with van der Waals surface area (Å²) in [6, 6.07) is 18.3. The first-order chi connectivity index (χ1) is 12.2. The molecule has 0 atom stereocenters. The summed E-state index contributed by atoms with van der Waals surface area (Å²) in [5, 5.41) is 13.4. The molecule has 2 aromatic carbocycles. The summed E-state index contributed by atoms with van der Waals surface area (Å²) < 4.78 is 12.6. The zero-order valence-corrected chi connectivity index (χ0v) is 14.0. The van der Waals surface area contributed by atoms with Gasteiger partial charge in [-0.05, 0) is 30.3 Å². The van der Waals surface area contributed by atoms with Crippen molar-refractivity contribution in [1.82, 2.24) is 19.8 Å². The summed E-state index contributed by atoms with van der Waals surface area (Å²) in [5.74, 6) is 2.30. The lowest BCUT2D eigenvalue weighted by Crippen LogP contribution is -1.98. The Hall–Kier alpha value is -3.12. The van der Waals surface area contributed by atoms with Crippen molar-refractivity contribution in [2.45, 2.75) is 0 Å². The first-order valence-corrected chi connectivity index (χ1v) is 7.92. The molecule has 0 aliphatic carbocycles. The highest BCUT2D eigenvalue weighted by Crippen LogP contribution is 2.28. The molecule has 0 bridgehead atoms. The first-order valence-electron chi connectivity index (χ1n) is 7.54. The molecule has 0 amide bonds. The van der Waals surface area contributed by atoms with Crippen molar-refractivity contribution in [1.29, 1.82) is 0 Å². The van der Waals surface area contributed by atoms with Gasteiger partial charge in [0.1, 0.15) is 11.5 Å². The van der Waals surface area contributed by atoms with E-state index in [-0.39, 0.29) is 0 Å². The van der Waals surface area contributed by atoms with Crippen molar-refractivity contribution in [3.63, 3.8) is 0 Å². The van der Waals surface area contributed by atoms with E-state index in [1.165, 1.54) is 0 Å². The molecule has 0 aliphatic rings. The van der Waals surface area contributed by atoms with Gasteiger partial charge in [-0.25, -0.2) is 0 Å². The Morgan fingerprint density at radius 2 is 1.76 bits per heavy atom. The minimum atomic E-state index is 0.411. The molecule has 6 nitrogen and oxygen atoms in total. The number of rotatable bonds is 4. The van der Waals surface area contributed by atoms with Gasteiger partial charge in [0, 0.05) is 17.7 Å². The molecule has 124 valence electrons. The van der Waals surface area contributed by atoms with Crippen LogP contribution in [-0.2, 0) is 0 Å². The van der Waals surface area contributed by atoms with Gasteiger partial charge >= 0.3 is 0 Å². The summed E-state index contributed by atoms with van der Waals surface area (Å²) in [5.41, 5.74) is 1.36. The molecule has 4 aromatic rings. The quantitative estimate of drug-likeness (QED) is 0.549. The van der Waals surface area contributed by atoms with Gasteiger partial charge in [0.15, 0.2) is 11.5 Å². The Labute approximate surface area is 148 Å². The van der Waals surface area contributed by atoms with Gasteiger partial charge in [-0.3, -0.25) is 0 Å². The molecule has 0 spiro atoms. The summed E-state index contributed by atoms with van der Waals surface area (Å²) >= 11 is 6.26. The van der Waals surface area contributed by atoms with Gasteiger partial charge in [0.05, 0.1) is 12.1 Å². The standard InChI is InChI=1S/C18H13ClN4O2/c1-24-12-5-4-6-13(11-12)25-17-10-9-16-20-21-18(23(16)22-17)14-7-2-3-8-15(14)19/h2-11H,1H3. The fraction of sp³-hybridized carbons (Fsp3) is 0.0556. The van der Waals surface area contributed by atoms with E-state index < -0.39 is 0 Å². The zero-order chi connectivity index (χ0) is 17.2. The number of ether oxygens (including phenoxy) is 2. The van der Waals surface area contributed by atoms with Gasteiger partial charge in [-0.15, -0.1) is 15.3 Å². The third-order valence-corrected chi connectivity index (χ3v) is 3.95. The third-order valence-electron chi connectivity index (χ3n) is 3.62. The average Bonchev–Trinajstić information content (AvgIpc) is 3.05. The number of aromatic nitrogens is 4. The van der Waals surface area contributed by atoms with E-state index >= 15 is 0 Å². The molecule has 25 heavy (non-hydrogen) atoms. The fourth-order valence-corrected chi connectivity index (χ4v) is 2.64. The second-order valence-corrected chi connectivity index (χ2v) is 5.63. The van der Waals surface area contributed by atoms with Crippen LogP contribution in [0.2, 0.25) is 5.02 Å². The summed E-state index contributed by atoms with van der Waals surface area (Å²) in [6.07, 6.45) is 0. The summed E-state index contributed by atoms with van der Waals surface area (Å²) in [6.45, 7) is 0. The van der Waals surface area contributed by atoms with E-state index in [9.17, 15) is 0 Å². The van der Waals surface area contributed by atoms with Gasteiger partial charge < -0.3 is 9.47 Å². The number of benzene rings is 2. The van der Waals surface area contributed by atoms with Crippen molar-refractivity contribution in [3.05, 3.63) is 65.7 Å². The van der Waals surface area contributed by atoms with Gasteiger partial charge in [-0.2, -0.15) is 4.52 Å². The molecule has 0 saturated carbocycles. The molecule has 0 saturated heterocycles.